The standard InChI is InChI=1S/2C21H38N2O6.Ca/c2*1-2-3-4-5-10-19(25)22-13-16-23(17-18-24,14-8-6-11-20(26)27)15-9-7-12-21(28)29;/h2*5,10,24H,2-4,6-9,11-18H2,1H3,(H2-,22,25,26,27,28,29);/q;;+2/b2*10-5+;. The third kappa shape index (κ3) is 39.3. The van der Waals surface area contributed by atoms with E-state index in [4.69, 9.17) is 10.2 Å². The van der Waals surface area contributed by atoms with Crippen molar-refractivity contribution in [3.63, 3.8) is 0 Å². The van der Waals surface area contributed by atoms with Crippen LogP contribution in [0, 0.1) is 0 Å². The number of carboxylic acids is 4. The first-order valence-corrected chi connectivity index (χ1v) is 21.3. The first kappa shape index (κ1) is 60.7. The van der Waals surface area contributed by atoms with Crippen molar-refractivity contribution >= 4 is 73.4 Å². The van der Waals surface area contributed by atoms with Gasteiger partial charge in [-0.05, 0) is 89.2 Å². The zero-order chi connectivity index (χ0) is 43.9. The normalized spacial score (nSPS) is 13.1. The van der Waals surface area contributed by atoms with Crippen LogP contribution in [0.4, 0.5) is 0 Å². The van der Waals surface area contributed by atoms with Crippen LogP contribution in [0.25, 0.3) is 0 Å². The molecule has 0 radical (unpaired) electrons. The van der Waals surface area contributed by atoms with E-state index in [9.17, 15) is 49.2 Å². The monoisotopic (exact) mass is 869 g/mol. The van der Waals surface area contributed by atoms with Crippen molar-refractivity contribution in [3.05, 3.63) is 24.3 Å². The minimum Gasteiger partial charge on any atom is -0.550 e. The molecular weight excluding hydrogens is 793 g/mol. The van der Waals surface area contributed by atoms with Crippen LogP contribution < -0.4 is 20.8 Å². The molecule has 16 nitrogen and oxygen atoms in total. The molecule has 2 unspecified atom stereocenters. The number of hydrogen-bond donors (Lipinski definition) is 6. The number of aliphatic hydroxyl groups excluding tert-OH is 2. The number of carbonyl (C=O) groups is 6. The van der Waals surface area contributed by atoms with Gasteiger partial charge in [0.15, 0.2) is 0 Å². The Kier molecular flexibility index (Phi) is 42.0. The summed E-state index contributed by atoms with van der Waals surface area (Å²) in [4.78, 5) is 66.6. The number of aliphatic carboxylic acids is 4. The Bertz CT molecular complexity index is 1070. The maximum Gasteiger partial charge on any atom is 2.00 e. The molecule has 0 aliphatic heterocycles. The van der Waals surface area contributed by atoms with Gasteiger partial charge >= 0.3 is 49.7 Å². The van der Waals surface area contributed by atoms with Gasteiger partial charge in [-0.1, -0.05) is 51.7 Å². The summed E-state index contributed by atoms with van der Waals surface area (Å²) in [5, 5.41) is 63.7. The molecule has 0 bridgehead atoms. The summed E-state index contributed by atoms with van der Waals surface area (Å²) in [6, 6.07) is 0. The molecule has 0 aliphatic rings. The maximum atomic E-state index is 11.9. The summed E-state index contributed by atoms with van der Waals surface area (Å²) in [6.45, 7) is 9.91. The van der Waals surface area contributed by atoms with Crippen LogP contribution in [-0.4, -0.2) is 181 Å². The van der Waals surface area contributed by atoms with E-state index in [2.05, 4.69) is 24.5 Å². The van der Waals surface area contributed by atoms with Crippen molar-refractivity contribution in [3.8, 4) is 0 Å². The fourth-order valence-corrected chi connectivity index (χ4v) is 6.62. The Balaban J connectivity index is -0.00000105. The van der Waals surface area contributed by atoms with Gasteiger partial charge in [-0.25, -0.2) is 0 Å². The quantitative estimate of drug-likeness (QED) is 0.0222. The van der Waals surface area contributed by atoms with Crippen molar-refractivity contribution < 1.29 is 68.4 Å². The first-order valence-electron chi connectivity index (χ1n) is 21.3. The van der Waals surface area contributed by atoms with Gasteiger partial charge in [0, 0.05) is 24.8 Å². The van der Waals surface area contributed by atoms with E-state index in [1.165, 1.54) is 0 Å². The Morgan fingerprint density at radius 1 is 0.492 bits per heavy atom. The second-order valence-electron chi connectivity index (χ2n) is 15.0. The van der Waals surface area contributed by atoms with Crippen LogP contribution in [-0.2, 0) is 28.8 Å². The average Bonchev–Trinajstić information content (AvgIpc) is 3.16. The van der Waals surface area contributed by atoms with Gasteiger partial charge in [0.25, 0.3) is 0 Å². The van der Waals surface area contributed by atoms with Crippen LogP contribution >= 0.6 is 0 Å². The minimum absolute atomic E-state index is 0. The maximum absolute atomic E-state index is 11.9. The summed E-state index contributed by atoms with van der Waals surface area (Å²) < 4.78 is 1.06. The molecule has 6 N–H and O–H groups in total. The number of amides is 2. The third-order valence-electron chi connectivity index (χ3n) is 9.98. The van der Waals surface area contributed by atoms with Crippen molar-refractivity contribution in [1.82, 2.24) is 10.6 Å². The van der Waals surface area contributed by atoms with Gasteiger partial charge < -0.3 is 59.8 Å². The SMILES string of the molecule is CCCC/C=C/C(=O)NCC[N+](CCO)(CCCCC(=O)[O-])CCCCC(=O)O.CCCC/C=C/C(=O)NCC[N+](CCO)(CCCCC(=O)[O-])CCCCC(=O)O.[Ca+2]. The molecule has 0 aromatic rings. The molecule has 59 heavy (non-hydrogen) atoms. The number of aliphatic hydroxyl groups is 2. The summed E-state index contributed by atoms with van der Waals surface area (Å²) in [7, 11) is 0. The predicted octanol–water partition coefficient (Wildman–Crippen LogP) is 1.29. The minimum atomic E-state index is -1.08. The van der Waals surface area contributed by atoms with Gasteiger partial charge in [-0.2, -0.15) is 0 Å². The summed E-state index contributed by atoms with van der Waals surface area (Å²) in [5.74, 6) is -4.11. The second-order valence-corrected chi connectivity index (χ2v) is 15.0. The predicted molar refractivity (Wildman–Crippen MR) is 223 cm³/mol. The van der Waals surface area contributed by atoms with Gasteiger partial charge in [-0.15, -0.1) is 0 Å². The number of carbonyl (C=O) groups excluding carboxylic acids is 4. The Morgan fingerprint density at radius 3 is 1.08 bits per heavy atom. The molecule has 2 atom stereocenters. The number of rotatable bonds is 38. The largest absolute Gasteiger partial charge is 2.00 e. The number of allylic oxidation sites excluding steroid dienone is 2. The summed E-state index contributed by atoms with van der Waals surface area (Å²) in [5.41, 5.74) is 0. The van der Waals surface area contributed by atoms with E-state index in [0.717, 1.165) is 38.5 Å². The van der Waals surface area contributed by atoms with Crippen molar-refractivity contribution in [2.45, 2.75) is 129 Å². The van der Waals surface area contributed by atoms with Crippen LogP contribution in [0.3, 0.4) is 0 Å². The Morgan fingerprint density at radius 2 is 0.814 bits per heavy atom. The number of quaternary nitrogens is 2. The number of hydrogen-bond acceptors (Lipinski definition) is 10. The molecule has 0 heterocycles. The second kappa shape index (κ2) is 40.8. The van der Waals surface area contributed by atoms with Gasteiger partial charge in [0.05, 0.1) is 65.6 Å². The fraction of sp³-hybridized carbons (Fsp3) is 0.762. The average molecular weight is 869 g/mol. The van der Waals surface area contributed by atoms with Crippen molar-refractivity contribution in [2.75, 3.05) is 78.7 Å². The molecule has 0 aromatic heterocycles. The van der Waals surface area contributed by atoms with E-state index in [1.807, 2.05) is 12.2 Å². The van der Waals surface area contributed by atoms with E-state index in [0.29, 0.717) is 126 Å². The van der Waals surface area contributed by atoms with Crippen LogP contribution in [0.15, 0.2) is 24.3 Å². The van der Waals surface area contributed by atoms with Crippen LogP contribution in [0.2, 0.25) is 0 Å². The molecule has 0 saturated carbocycles. The third-order valence-corrected chi connectivity index (χ3v) is 9.98. The Labute approximate surface area is 382 Å². The van der Waals surface area contributed by atoms with Crippen molar-refractivity contribution in [2.24, 2.45) is 0 Å². The zero-order valence-corrected chi connectivity index (χ0v) is 38.4. The summed E-state index contributed by atoms with van der Waals surface area (Å²) >= 11 is 0. The summed E-state index contributed by atoms with van der Waals surface area (Å²) in [6.07, 6.45) is 17.8. The molecular formula is C42H76CaN4O12+2. The smallest absolute Gasteiger partial charge is 0.550 e. The zero-order valence-electron chi connectivity index (χ0n) is 36.2. The number of nitrogens with one attached hydrogen (secondary N) is 2. The van der Waals surface area contributed by atoms with Gasteiger partial charge in [-0.3, -0.25) is 19.2 Å². The van der Waals surface area contributed by atoms with Crippen LogP contribution in [0.5, 0.6) is 0 Å². The molecule has 336 valence electrons. The Hall–Kier alpha value is -2.60. The molecule has 0 rings (SSSR count). The van der Waals surface area contributed by atoms with E-state index in [-0.39, 0.29) is 88.4 Å². The topological polar surface area (TPSA) is 254 Å². The van der Waals surface area contributed by atoms with Crippen molar-refractivity contribution in [1.29, 1.82) is 0 Å². The molecule has 2 amide bonds. The molecule has 0 aliphatic carbocycles. The molecule has 0 fully saturated rings. The number of nitrogens with zero attached hydrogens (tertiary/aromatic N) is 2. The van der Waals surface area contributed by atoms with E-state index in [1.54, 1.807) is 12.2 Å². The number of carboxylic acid groups (broad SMARTS) is 4. The van der Waals surface area contributed by atoms with Crippen LogP contribution in [0.1, 0.15) is 129 Å². The van der Waals surface area contributed by atoms with Gasteiger partial charge in [0.1, 0.15) is 13.1 Å². The van der Waals surface area contributed by atoms with Gasteiger partial charge in [0.2, 0.25) is 11.8 Å². The van der Waals surface area contributed by atoms with E-state index < -0.39 is 23.9 Å². The molecule has 0 aromatic carbocycles. The first-order chi connectivity index (χ1) is 27.7. The molecule has 0 spiro atoms. The fourth-order valence-electron chi connectivity index (χ4n) is 6.62. The molecule has 0 saturated heterocycles. The van der Waals surface area contributed by atoms with E-state index >= 15 is 0 Å². The molecule has 17 heteroatoms. The number of unbranched alkanes of at least 4 members (excludes halogenated alkanes) is 8.